The largest absolute Gasteiger partial charge is 0.470 e. The Hall–Kier alpha value is -0.810. The quantitative estimate of drug-likeness (QED) is 0.704. The maximum absolute atomic E-state index is 5.46. The fraction of sp³-hybridized carbons (Fsp3) is 0.571. The van der Waals surface area contributed by atoms with Crippen molar-refractivity contribution in [3.63, 3.8) is 0 Å². The fourth-order valence-corrected chi connectivity index (χ4v) is 1.25. The van der Waals surface area contributed by atoms with Gasteiger partial charge in [-0.3, -0.25) is 0 Å². The second-order valence-corrected chi connectivity index (χ2v) is 3.25. The molecule has 1 aromatic rings. The molecule has 1 heterocycles. The van der Waals surface area contributed by atoms with Crippen molar-refractivity contribution in [1.29, 1.82) is 0 Å². The van der Waals surface area contributed by atoms with E-state index in [-0.39, 0.29) is 0 Å². The molecule has 0 unspecified atom stereocenters. The average molecular weight is 188 g/mol. The van der Waals surface area contributed by atoms with Crippen LogP contribution in [0.3, 0.4) is 0 Å². The Labute approximate surface area is 75.3 Å². The van der Waals surface area contributed by atoms with Crippen molar-refractivity contribution in [2.45, 2.75) is 6.42 Å². The minimum absolute atomic E-state index is 0.626. The summed E-state index contributed by atoms with van der Waals surface area (Å²) in [5.41, 5.74) is 5.46. The molecule has 0 aliphatic rings. The maximum Gasteiger partial charge on any atom is 0.275 e. The number of hydrogen-bond acceptors (Lipinski definition) is 5. The number of nitrogen functional groups attached to an aromatic ring is 1. The SMILES string of the molecule is COCCCOc1ncc(N)s1. The van der Waals surface area contributed by atoms with Crippen LogP contribution < -0.4 is 10.5 Å². The summed E-state index contributed by atoms with van der Waals surface area (Å²) in [4.78, 5) is 3.94. The molecule has 4 nitrogen and oxygen atoms in total. The van der Waals surface area contributed by atoms with E-state index in [9.17, 15) is 0 Å². The Balaban J connectivity index is 2.15. The van der Waals surface area contributed by atoms with Crippen molar-refractivity contribution in [1.82, 2.24) is 4.98 Å². The van der Waals surface area contributed by atoms with Gasteiger partial charge in [0.05, 0.1) is 12.8 Å². The van der Waals surface area contributed by atoms with Gasteiger partial charge in [-0.25, -0.2) is 4.98 Å². The van der Waals surface area contributed by atoms with E-state index in [0.717, 1.165) is 6.42 Å². The lowest BCUT2D eigenvalue weighted by atomic mass is 10.5. The molecule has 2 N–H and O–H groups in total. The van der Waals surface area contributed by atoms with E-state index < -0.39 is 0 Å². The van der Waals surface area contributed by atoms with Gasteiger partial charge in [0, 0.05) is 20.1 Å². The number of nitrogens with zero attached hydrogens (tertiary/aromatic N) is 1. The molecule has 0 bridgehead atoms. The molecule has 0 saturated heterocycles. The summed E-state index contributed by atoms with van der Waals surface area (Å²) in [6.07, 6.45) is 2.46. The molecule has 0 atom stereocenters. The number of rotatable bonds is 5. The van der Waals surface area contributed by atoms with Gasteiger partial charge >= 0.3 is 0 Å². The molecular weight excluding hydrogens is 176 g/mol. The Morgan fingerprint density at radius 3 is 3.00 bits per heavy atom. The second kappa shape index (κ2) is 4.95. The Kier molecular flexibility index (Phi) is 3.83. The molecule has 12 heavy (non-hydrogen) atoms. The van der Waals surface area contributed by atoms with Crippen LogP contribution in [-0.4, -0.2) is 25.3 Å². The van der Waals surface area contributed by atoms with Crippen LogP contribution >= 0.6 is 11.3 Å². The number of aromatic nitrogens is 1. The highest BCUT2D eigenvalue weighted by Crippen LogP contribution is 2.21. The summed E-state index contributed by atoms with van der Waals surface area (Å²) >= 11 is 1.35. The van der Waals surface area contributed by atoms with Crippen molar-refractivity contribution in [3.8, 4) is 5.19 Å². The molecular formula is C7H12N2O2S. The Bertz CT molecular complexity index is 227. The lowest BCUT2D eigenvalue weighted by Gasteiger charge is -2.00. The van der Waals surface area contributed by atoms with Crippen molar-refractivity contribution >= 4 is 16.3 Å². The summed E-state index contributed by atoms with van der Waals surface area (Å²) in [7, 11) is 1.67. The van der Waals surface area contributed by atoms with E-state index in [1.807, 2.05) is 0 Å². The van der Waals surface area contributed by atoms with Crippen molar-refractivity contribution in [2.24, 2.45) is 0 Å². The molecule has 1 aromatic heterocycles. The van der Waals surface area contributed by atoms with E-state index >= 15 is 0 Å². The Morgan fingerprint density at radius 1 is 1.58 bits per heavy atom. The minimum atomic E-state index is 0.626. The number of methoxy groups -OCH3 is 1. The van der Waals surface area contributed by atoms with E-state index in [2.05, 4.69) is 4.98 Å². The van der Waals surface area contributed by atoms with Crippen molar-refractivity contribution < 1.29 is 9.47 Å². The summed E-state index contributed by atoms with van der Waals surface area (Å²) in [6.45, 7) is 1.33. The molecule has 0 aliphatic carbocycles. The summed E-state index contributed by atoms with van der Waals surface area (Å²) < 4.78 is 10.1. The van der Waals surface area contributed by atoms with Gasteiger partial charge in [-0.1, -0.05) is 11.3 Å². The number of hydrogen-bond donors (Lipinski definition) is 1. The molecule has 0 fully saturated rings. The fourth-order valence-electron chi connectivity index (χ4n) is 0.699. The third kappa shape index (κ3) is 3.06. The zero-order valence-corrected chi connectivity index (χ0v) is 7.76. The predicted molar refractivity (Wildman–Crippen MR) is 48.5 cm³/mol. The summed E-state index contributed by atoms with van der Waals surface area (Å²) in [5, 5.41) is 1.31. The topological polar surface area (TPSA) is 57.4 Å². The molecule has 0 spiro atoms. The van der Waals surface area contributed by atoms with E-state index in [1.54, 1.807) is 13.3 Å². The van der Waals surface area contributed by atoms with Gasteiger partial charge in [-0.05, 0) is 0 Å². The molecule has 0 aromatic carbocycles. The van der Waals surface area contributed by atoms with Gasteiger partial charge in [-0.2, -0.15) is 0 Å². The second-order valence-electron chi connectivity index (χ2n) is 2.22. The van der Waals surface area contributed by atoms with E-state index in [0.29, 0.717) is 23.4 Å². The zero-order chi connectivity index (χ0) is 8.81. The Morgan fingerprint density at radius 2 is 2.42 bits per heavy atom. The first-order chi connectivity index (χ1) is 5.83. The lowest BCUT2D eigenvalue weighted by Crippen LogP contribution is -2.00. The van der Waals surface area contributed by atoms with Crippen LogP contribution in [0.5, 0.6) is 5.19 Å². The molecule has 0 saturated carbocycles. The molecule has 68 valence electrons. The molecule has 0 amide bonds. The minimum Gasteiger partial charge on any atom is -0.470 e. The van der Waals surface area contributed by atoms with Crippen LogP contribution in [0.15, 0.2) is 6.20 Å². The van der Waals surface area contributed by atoms with Gasteiger partial charge in [0.1, 0.15) is 5.00 Å². The van der Waals surface area contributed by atoms with Gasteiger partial charge in [0.15, 0.2) is 0 Å². The normalized spacial score (nSPS) is 10.1. The molecule has 5 heteroatoms. The molecule has 0 radical (unpaired) electrons. The summed E-state index contributed by atoms with van der Waals surface area (Å²) in [6, 6.07) is 0. The molecule has 1 rings (SSSR count). The highest BCUT2D eigenvalue weighted by Gasteiger charge is 1.98. The first-order valence-electron chi connectivity index (χ1n) is 3.66. The number of nitrogens with two attached hydrogens (primary N) is 1. The van der Waals surface area contributed by atoms with Crippen LogP contribution in [0, 0.1) is 0 Å². The van der Waals surface area contributed by atoms with Gasteiger partial charge in [-0.15, -0.1) is 0 Å². The highest BCUT2D eigenvalue weighted by atomic mass is 32.1. The number of ether oxygens (including phenoxy) is 2. The highest BCUT2D eigenvalue weighted by molar-refractivity contribution is 7.17. The third-order valence-electron chi connectivity index (χ3n) is 1.22. The zero-order valence-electron chi connectivity index (χ0n) is 6.95. The van der Waals surface area contributed by atoms with Crippen molar-refractivity contribution in [2.75, 3.05) is 26.1 Å². The first kappa shape index (κ1) is 9.28. The van der Waals surface area contributed by atoms with Crippen molar-refractivity contribution in [3.05, 3.63) is 6.20 Å². The van der Waals surface area contributed by atoms with Crippen LogP contribution in [0.1, 0.15) is 6.42 Å². The molecule has 0 aliphatic heterocycles. The number of thiazole rings is 1. The lowest BCUT2D eigenvalue weighted by molar-refractivity contribution is 0.172. The van der Waals surface area contributed by atoms with Gasteiger partial charge < -0.3 is 15.2 Å². The smallest absolute Gasteiger partial charge is 0.275 e. The van der Waals surface area contributed by atoms with Gasteiger partial charge in [0.2, 0.25) is 0 Å². The van der Waals surface area contributed by atoms with E-state index in [1.165, 1.54) is 11.3 Å². The van der Waals surface area contributed by atoms with Crippen LogP contribution in [-0.2, 0) is 4.74 Å². The predicted octanol–water partition coefficient (Wildman–Crippen LogP) is 1.14. The first-order valence-corrected chi connectivity index (χ1v) is 4.47. The van der Waals surface area contributed by atoms with Gasteiger partial charge in [0.25, 0.3) is 5.19 Å². The average Bonchev–Trinajstić information content (AvgIpc) is 2.45. The number of anilines is 1. The monoisotopic (exact) mass is 188 g/mol. The van der Waals surface area contributed by atoms with Crippen LogP contribution in [0.4, 0.5) is 5.00 Å². The standard InChI is InChI=1S/C7H12N2O2S/c1-10-3-2-4-11-7-9-5-6(8)12-7/h5H,2-4,8H2,1H3. The summed E-state index contributed by atoms with van der Waals surface area (Å²) in [5.74, 6) is 0. The van der Waals surface area contributed by atoms with Crippen LogP contribution in [0.25, 0.3) is 0 Å². The van der Waals surface area contributed by atoms with E-state index in [4.69, 9.17) is 15.2 Å². The van der Waals surface area contributed by atoms with Crippen LogP contribution in [0.2, 0.25) is 0 Å². The third-order valence-corrected chi connectivity index (χ3v) is 1.96. The maximum atomic E-state index is 5.46.